The highest BCUT2D eigenvalue weighted by atomic mass is 19.1. The van der Waals surface area contributed by atoms with Crippen LogP contribution in [0.5, 0.6) is 0 Å². The molecule has 1 unspecified atom stereocenters. The van der Waals surface area contributed by atoms with Crippen molar-refractivity contribution in [2.45, 2.75) is 19.4 Å². The number of nitrogen functional groups attached to an aromatic ring is 1. The average Bonchev–Trinajstić information content (AvgIpc) is 2.85. The molecule has 18 heavy (non-hydrogen) atoms. The number of carbonyl (C=O) groups excluding carboxylic acids is 1. The van der Waals surface area contributed by atoms with Crippen molar-refractivity contribution >= 4 is 17.3 Å². The average molecular weight is 253 g/mol. The summed E-state index contributed by atoms with van der Waals surface area (Å²) in [6.07, 6.45) is 0.913. The van der Waals surface area contributed by atoms with Crippen LogP contribution in [0.3, 0.4) is 0 Å². The van der Waals surface area contributed by atoms with Gasteiger partial charge in [0, 0.05) is 6.54 Å². The molecule has 5 nitrogen and oxygen atoms in total. The number of nitrogens with one attached hydrogen (secondary N) is 1. The summed E-state index contributed by atoms with van der Waals surface area (Å²) < 4.78 is 12.9. The number of amides is 1. The molecular weight excluding hydrogens is 237 g/mol. The van der Waals surface area contributed by atoms with Gasteiger partial charge in [-0.3, -0.25) is 9.63 Å². The van der Waals surface area contributed by atoms with Gasteiger partial charge >= 0.3 is 0 Å². The van der Waals surface area contributed by atoms with Gasteiger partial charge in [0.15, 0.2) is 0 Å². The molecule has 0 saturated carbocycles. The summed E-state index contributed by atoms with van der Waals surface area (Å²) in [4.78, 5) is 17.3. The van der Waals surface area contributed by atoms with E-state index in [0.29, 0.717) is 12.3 Å². The van der Waals surface area contributed by atoms with Crippen molar-refractivity contribution in [1.82, 2.24) is 5.06 Å². The Kier molecular flexibility index (Phi) is 3.78. The number of nitrogens with zero attached hydrogens (tertiary/aromatic N) is 1. The largest absolute Gasteiger partial charge is 0.397 e. The topological polar surface area (TPSA) is 67.6 Å². The molecule has 0 radical (unpaired) electrons. The van der Waals surface area contributed by atoms with Crippen LogP contribution in [0.4, 0.5) is 15.8 Å². The van der Waals surface area contributed by atoms with Crippen molar-refractivity contribution < 1.29 is 14.0 Å². The molecule has 1 aliphatic heterocycles. The highest BCUT2D eigenvalue weighted by Gasteiger charge is 2.25. The van der Waals surface area contributed by atoms with Crippen molar-refractivity contribution in [3.05, 3.63) is 24.0 Å². The Balaban J connectivity index is 2.01. The second-order valence-electron chi connectivity index (χ2n) is 4.22. The van der Waals surface area contributed by atoms with Crippen LogP contribution in [-0.4, -0.2) is 30.2 Å². The predicted molar refractivity (Wildman–Crippen MR) is 66.2 cm³/mol. The second-order valence-corrected chi connectivity index (χ2v) is 4.22. The van der Waals surface area contributed by atoms with Crippen LogP contribution in [-0.2, 0) is 9.63 Å². The number of hydrogen-bond donors (Lipinski definition) is 2. The molecule has 2 rings (SSSR count). The van der Waals surface area contributed by atoms with Gasteiger partial charge in [0.05, 0.1) is 18.0 Å². The van der Waals surface area contributed by atoms with Crippen molar-refractivity contribution in [2.24, 2.45) is 0 Å². The number of nitrogens with two attached hydrogens (primary N) is 1. The maximum Gasteiger partial charge on any atom is 0.243 e. The molecule has 0 spiro atoms. The number of hydrogen-bond acceptors (Lipinski definition) is 4. The Morgan fingerprint density at radius 2 is 2.39 bits per heavy atom. The minimum atomic E-state index is -0.429. The maximum absolute atomic E-state index is 12.9. The molecule has 1 aliphatic rings. The molecule has 1 fully saturated rings. The first-order valence-electron chi connectivity index (χ1n) is 5.83. The van der Waals surface area contributed by atoms with Gasteiger partial charge in [-0.2, -0.15) is 5.06 Å². The number of carbonyl (C=O) groups is 1. The zero-order valence-electron chi connectivity index (χ0n) is 10.1. The minimum Gasteiger partial charge on any atom is -0.397 e. The first kappa shape index (κ1) is 12.8. The van der Waals surface area contributed by atoms with E-state index in [4.69, 9.17) is 10.6 Å². The van der Waals surface area contributed by atoms with Crippen LogP contribution in [0.25, 0.3) is 0 Å². The van der Waals surface area contributed by atoms with Crippen LogP contribution in [0.15, 0.2) is 18.2 Å². The molecule has 0 aliphatic carbocycles. The molecule has 3 N–H and O–H groups in total. The van der Waals surface area contributed by atoms with Gasteiger partial charge in [0.2, 0.25) is 5.91 Å². The zero-order chi connectivity index (χ0) is 13.1. The summed E-state index contributed by atoms with van der Waals surface area (Å²) in [5.41, 5.74) is 6.24. The fraction of sp³-hybridized carbons (Fsp3) is 0.417. The van der Waals surface area contributed by atoms with Crippen molar-refractivity contribution in [1.29, 1.82) is 0 Å². The third-order valence-electron chi connectivity index (χ3n) is 2.86. The zero-order valence-corrected chi connectivity index (χ0v) is 10.1. The van der Waals surface area contributed by atoms with Gasteiger partial charge in [-0.1, -0.05) is 0 Å². The first-order chi connectivity index (χ1) is 8.58. The molecule has 6 heteroatoms. The van der Waals surface area contributed by atoms with E-state index in [2.05, 4.69) is 5.32 Å². The molecule has 1 aromatic carbocycles. The van der Waals surface area contributed by atoms with Crippen molar-refractivity contribution in [3.8, 4) is 0 Å². The number of anilines is 2. The van der Waals surface area contributed by atoms with E-state index in [1.54, 1.807) is 12.0 Å². The highest BCUT2D eigenvalue weighted by molar-refractivity contribution is 5.96. The van der Waals surface area contributed by atoms with Crippen molar-refractivity contribution in [2.75, 3.05) is 24.2 Å². The van der Waals surface area contributed by atoms with Gasteiger partial charge in [-0.05, 0) is 31.5 Å². The number of hydroxylamine groups is 2. The van der Waals surface area contributed by atoms with E-state index in [9.17, 15) is 9.18 Å². The lowest BCUT2D eigenvalue weighted by Crippen LogP contribution is -2.39. The first-order valence-corrected chi connectivity index (χ1v) is 5.83. The van der Waals surface area contributed by atoms with E-state index in [1.807, 2.05) is 0 Å². The molecule has 0 aromatic heterocycles. The standard InChI is InChI=1S/C12H16FN3O2/c1-8(16-5-2-6-18-16)12(17)15-11-4-3-9(13)7-10(11)14/h3-4,7-8H,2,5-6,14H2,1H3,(H,15,17). The molecule has 1 atom stereocenters. The predicted octanol–water partition coefficient (Wildman–Crippen LogP) is 1.37. The lowest BCUT2D eigenvalue weighted by Gasteiger charge is -2.21. The van der Waals surface area contributed by atoms with Gasteiger partial charge < -0.3 is 11.1 Å². The molecule has 1 aromatic rings. The molecule has 1 heterocycles. The van der Waals surface area contributed by atoms with E-state index in [0.717, 1.165) is 13.0 Å². The summed E-state index contributed by atoms with van der Waals surface area (Å²) in [6.45, 7) is 3.12. The molecule has 98 valence electrons. The number of halogens is 1. The molecule has 1 amide bonds. The lowest BCUT2D eigenvalue weighted by atomic mass is 10.2. The Labute approximate surface area is 105 Å². The van der Waals surface area contributed by atoms with Crippen LogP contribution >= 0.6 is 0 Å². The fourth-order valence-corrected chi connectivity index (χ4v) is 1.79. The summed E-state index contributed by atoms with van der Waals surface area (Å²) in [5, 5.41) is 4.30. The smallest absolute Gasteiger partial charge is 0.243 e. The molecule has 0 bridgehead atoms. The third-order valence-corrected chi connectivity index (χ3v) is 2.86. The van der Waals surface area contributed by atoms with E-state index in [1.165, 1.54) is 18.2 Å². The Morgan fingerprint density at radius 3 is 3.00 bits per heavy atom. The summed E-state index contributed by atoms with van der Waals surface area (Å²) in [7, 11) is 0. The molecule has 1 saturated heterocycles. The maximum atomic E-state index is 12.9. The Hall–Kier alpha value is -1.66. The molecular formula is C12H16FN3O2. The van der Waals surface area contributed by atoms with Crippen molar-refractivity contribution in [3.63, 3.8) is 0 Å². The fourth-order valence-electron chi connectivity index (χ4n) is 1.79. The highest BCUT2D eigenvalue weighted by Crippen LogP contribution is 2.20. The normalized spacial score (nSPS) is 17.7. The number of rotatable bonds is 3. The quantitative estimate of drug-likeness (QED) is 0.798. The summed E-state index contributed by atoms with van der Waals surface area (Å²) in [6, 6.07) is 3.47. The van der Waals surface area contributed by atoms with E-state index < -0.39 is 11.9 Å². The van der Waals surface area contributed by atoms with Crippen LogP contribution in [0.1, 0.15) is 13.3 Å². The van der Waals surface area contributed by atoms with E-state index >= 15 is 0 Å². The lowest BCUT2D eigenvalue weighted by molar-refractivity contribution is -0.154. The van der Waals surface area contributed by atoms with Crippen LogP contribution in [0.2, 0.25) is 0 Å². The third kappa shape index (κ3) is 2.77. The Morgan fingerprint density at radius 1 is 1.61 bits per heavy atom. The van der Waals surface area contributed by atoms with E-state index in [-0.39, 0.29) is 11.6 Å². The van der Waals surface area contributed by atoms with Gasteiger partial charge in [-0.15, -0.1) is 0 Å². The van der Waals surface area contributed by atoms with Gasteiger partial charge in [0.25, 0.3) is 0 Å². The van der Waals surface area contributed by atoms with Gasteiger partial charge in [0.1, 0.15) is 11.9 Å². The van der Waals surface area contributed by atoms with Gasteiger partial charge in [-0.25, -0.2) is 4.39 Å². The summed E-state index contributed by atoms with van der Waals surface area (Å²) >= 11 is 0. The van der Waals surface area contributed by atoms with Crippen LogP contribution < -0.4 is 11.1 Å². The SMILES string of the molecule is CC(C(=O)Nc1ccc(F)cc1N)N1CCCO1. The second kappa shape index (κ2) is 5.32. The minimum absolute atomic E-state index is 0.206. The number of benzene rings is 1. The Bertz CT molecular complexity index is 447. The summed E-state index contributed by atoms with van der Waals surface area (Å²) in [5.74, 6) is -0.656. The van der Waals surface area contributed by atoms with Crippen LogP contribution in [0, 0.1) is 5.82 Å². The monoisotopic (exact) mass is 253 g/mol.